The first-order chi connectivity index (χ1) is 7.15. The van der Waals surface area contributed by atoms with Crippen molar-refractivity contribution in [1.82, 2.24) is 4.98 Å². The molecule has 1 aliphatic rings. The van der Waals surface area contributed by atoms with Crippen LogP contribution in [0.2, 0.25) is 0 Å². The van der Waals surface area contributed by atoms with Crippen LogP contribution in [0.25, 0.3) is 10.4 Å². The Hall–Kier alpha value is -1.14. The Bertz CT molecular complexity index is 418. The summed E-state index contributed by atoms with van der Waals surface area (Å²) >= 11 is 1.33. The molecule has 0 bridgehead atoms. The van der Waals surface area contributed by atoms with Crippen molar-refractivity contribution < 1.29 is 9.47 Å². The molecule has 0 aliphatic carbocycles. The summed E-state index contributed by atoms with van der Waals surface area (Å²) in [5.41, 5.74) is 9.01. The SMILES string of the molecule is Cc1sc(N=[N+]=[N-])nc1C1(C)OCCO1. The summed E-state index contributed by atoms with van der Waals surface area (Å²) in [5, 5.41) is 3.86. The number of ether oxygens (including phenoxy) is 2. The summed E-state index contributed by atoms with van der Waals surface area (Å²) in [5.74, 6) is -0.788. The molecule has 7 heteroatoms. The number of aryl methyl sites for hydroxylation is 1. The van der Waals surface area contributed by atoms with Gasteiger partial charge in [-0.05, 0) is 24.5 Å². The van der Waals surface area contributed by atoms with Crippen LogP contribution in [0.1, 0.15) is 17.5 Å². The molecule has 1 aliphatic heterocycles. The van der Waals surface area contributed by atoms with Crippen molar-refractivity contribution in [2.45, 2.75) is 19.6 Å². The lowest BCUT2D eigenvalue weighted by Gasteiger charge is -2.20. The number of hydrogen-bond donors (Lipinski definition) is 0. The fourth-order valence-corrected chi connectivity index (χ4v) is 2.35. The third kappa shape index (κ3) is 1.82. The van der Waals surface area contributed by atoms with Crippen molar-refractivity contribution in [1.29, 1.82) is 0 Å². The molecule has 1 aromatic heterocycles. The van der Waals surface area contributed by atoms with Gasteiger partial charge in [-0.2, -0.15) is 0 Å². The molecule has 1 aromatic rings. The van der Waals surface area contributed by atoms with Gasteiger partial charge >= 0.3 is 0 Å². The van der Waals surface area contributed by atoms with Crippen molar-refractivity contribution in [3.63, 3.8) is 0 Å². The standard InChI is InChI=1S/C8H10N4O2S/c1-5-6(8(2)13-3-4-14-8)10-7(15-5)11-12-9/h3-4H2,1-2H3. The lowest BCUT2D eigenvalue weighted by atomic mass is 10.2. The minimum Gasteiger partial charge on any atom is -0.342 e. The van der Waals surface area contributed by atoms with Crippen LogP contribution >= 0.6 is 11.3 Å². The average molecular weight is 226 g/mol. The molecule has 6 nitrogen and oxygen atoms in total. The Morgan fingerprint density at radius 3 is 2.80 bits per heavy atom. The summed E-state index contributed by atoms with van der Waals surface area (Å²) in [6.45, 7) is 4.84. The van der Waals surface area contributed by atoms with Gasteiger partial charge in [0, 0.05) is 9.79 Å². The predicted molar refractivity (Wildman–Crippen MR) is 54.9 cm³/mol. The molecular formula is C8H10N4O2S. The Kier molecular flexibility index (Phi) is 2.62. The van der Waals surface area contributed by atoms with Gasteiger partial charge in [0.15, 0.2) is 5.13 Å². The Labute approximate surface area is 90.5 Å². The fraction of sp³-hybridized carbons (Fsp3) is 0.625. The maximum Gasteiger partial charge on any atom is 0.210 e. The zero-order valence-electron chi connectivity index (χ0n) is 8.43. The summed E-state index contributed by atoms with van der Waals surface area (Å²) in [4.78, 5) is 7.85. The Morgan fingerprint density at radius 1 is 1.53 bits per heavy atom. The molecule has 0 amide bonds. The zero-order chi connectivity index (χ0) is 10.9. The molecule has 0 aromatic carbocycles. The van der Waals surface area contributed by atoms with Crippen LogP contribution in [-0.2, 0) is 15.3 Å². The molecule has 2 rings (SSSR count). The van der Waals surface area contributed by atoms with E-state index in [2.05, 4.69) is 15.0 Å². The number of aromatic nitrogens is 1. The number of hydrogen-bond acceptors (Lipinski definition) is 5. The summed E-state index contributed by atoms with van der Waals surface area (Å²) in [6.07, 6.45) is 0. The molecule has 1 saturated heterocycles. The van der Waals surface area contributed by atoms with Crippen molar-refractivity contribution >= 4 is 16.5 Å². The quantitative estimate of drug-likeness (QED) is 0.441. The first kappa shape index (κ1) is 10.4. The number of nitrogens with zero attached hydrogens (tertiary/aromatic N) is 4. The van der Waals surface area contributed by atoms with Crippen molar-refractivity contribution in [3.05, 3.63) is 21.0 Å². The minimum atomic E-state index is -0.788. The number of thiazole rings is 1. The summed E-state index contributed by atoms with van der Waals surface area (Å²) in [7, 11) is 0. The van der Waals surface area contributed by atoms with Crippen molar-refractivity contribution in [3.8, 4) is 0 Å². The van der Waals surface area contributed by atoms with Crippen LogP contribution in [0.5, 0.6) is 0 Å². The maximum absolute atomic E-state index is 8.31. The van der Waals surface area contributed by atoms with E-state index in [1.165, 1.54) is 11.3 Å². The van der Waals surface area contributed by atoms with Gasteiger partial charge in [0.2, 0.25) is 5.79 Å². The highest BCUT2D eigenvalue weighted by molar-refractivity contribution is 7.15. The Balaban J connectivity index is 2.39. The predicted octanol–water partition coefficient (Wildman–Crippen LogP) is 2.61. The van der Waals surface area contributed by atoms with Crippen LogP contribution in [0.3, 0.4) is 0 Å². The topological polar surface area (TPSA) is 80.1 Å². The molecule has 15 heavy (non-hydrogen) atoms. The maximum atomic E-state index is 8.31. The van der Waals surface area contributed by atoms with E-state index in [1.807, 2.05) is 13.8 Å². The van der Waals surface area contributed by atoms with Gasteiger partial charge < -0.3 is 9.47 Å². The molecule has 1 fully saturated rings. The van der Waals surface area contributed by atoms with E-state index in [4.69, 9.17) is 15.0 Å². The van der Waals surface area contributed by atoms with E-state index in [0.29, 0.717) is 24.0 Å². The second-order valence-electron chi connectivity index (χ2n) is 3.23. The minimum absolute atomic E-state index is 0.394. The van der Waals surface area contributed by atoms with Crippen molar-refractivity contribution in [2.24, 2.45) is 5.11 Å². The van der Waals surface area contributed by atoms with Gasteiger partial charge in [0.1, 0.15) is 5.69 Å². The summed E-state index contributed by atoms with van der Waals surface area (Å²) < 4.78 is 11.0. The molecule has 0 saturated carbocycles. The molecule has 0 spiro atoms. The highest BCUT2D eigenvalue weighted by atomic mass is 32.1. The van der Waals surface area contributed by atoms with E-state index in [-0.39, 0.29) is 0 Å². The highest BCUT2D eigenvalue weighted by Gasteiger charge is 2.37. The van der Waals surface area contributed by atoms with E-state index in [0.717, 1.165) is 4.88 Å². The molecule has 2 heterocycles. The lowest BCUT2D eigenvalue weighted by molar-refractivity contribution is -0.152. The van der Waals surface area contributed by atoms with E-state index in [9.17, 15) is 0 Å². The molecule has 0 atom stereocenters. The van der Waals surface area contributed by atoms with E-state index >= 15 is 0 Å². The smallest absolute Gasteiger partial charge is 0.210 e. The average Bonchev–Trinajstić information content (AvgIpc) is 2.75. The third-order valence-electron chi connectivity index (χ3n) is 2.18. The molecule has 0 unspecified atom stereocenters. The van der Waals surface area contributed by atoms with E-state index < -0.39 is 5.79 Å². The van der Waals surface area contributed by atoms with Gasteiger partial charge in [-0.15, -0.1) is 11.3 Å². The van der Waals surface area contributed by atoms with Crippen LogP contribution < -0.4 is 0 Å². The normalized spacial score (nSPS) is 18.8. The van der Waals surface area contributed by atoms with Crippen LogP contribution in [-0.4, -0.2) is 18.2 Å². The second kappa shape index (κ2) is 3.79. The van der Waals surface area contributed by atoms with Crippen molar-refractivity contribution in [2.75, 3.05) is 13.2 Å². The van der Waals surface area contributed by atoms with Crippen LogP contribution in [0.4, 0.5) is 5.13 Å². The molecular weight excluding hydrogens is 216 g/mol. The third-order valence-corrected chi connectivity index (χ3v) is 3.04. The first-order valence-electron chi connectivity index (χ1n) is 4.46. The monoisotopic (exact) mass is 226 g/mol. The van der Waals surface area contributed by atoms with Gasteiger partial charge in [-0.1, -0.05) is 0 Å². The molecule has 0 N–H and O–H groups in total. The van der Waals surface area contributed by atoms with Crippen LogP contribution in [0, 0.1) is 6.92 Å². The second-order valence-corrected chi connectivity index (χ2v) is 4.41. The highest BCUT2D eigenvalue weighted by Crippen LogP contribution is 2.36. The molecule has 0 radical (unpaired) electrons. The Morgan fingerprint density at radius 2 is 2.20 bits per heavy atom. The molecule has 80 valence electrons. The lowest BCUT2D eigenvalue weighted by Crippen LogP contribution is -2.23. The fourth-order valence-electron chi connectivity index (χ4n) is 1.54. The van der Waals surface area contributed by atoms with Gasteiger partial charge in [0.05, 0.1) is 13.2 Å². The number of azide groups is 1. The van der Waals surface area contributed by atoms with Gasteiger partial charge in [-0.3, -0.25) is 0 Å². The van der Waals surface area contributed by atoms with Crippen LogP contribution in [0.15, 0.2) is 5.11 Å². The zero-order valence-corrected chi connectivity index (χ0v) is 9.24. The largest absolute Gasteiger partial charge is 0.342 e. The first-order valence-corrected chi connectivity index (χ1v) is 5.28. The van der Waals surface area contributed by atoms with Gasteiger partial charge in [0.25, 0.3) is 0 Å². The summed E-state index contributed by atoms with van der Waals surface area (Å²) in [6, 6.07) is 0. The van der Waals surface area contributed by atoms with Gasteiger partial charge in [-0.25, -0.2) is 4.98 Å². The number of rotatable bonds is 2. The van der Waals surface area contributed by atoms with E-state index in [1.54, 1.807) is 0 Å².